The van der Waals surface area contributed by atoms with Crippen LogP contribution < -0.4 is 0 Å². The Kier molecular flexibility index (Phi) is 12.8. The summed E-state index contributed by atoms with van der Waals surface area (Å²) in [6.07, 6.45) is 14.2. The van der Waals surface area contributed by atoms with Gasteiger partial charge in [-0.3, -0.25) is 4.79 Å². The maximum absolute atomic E-state index is 11.5. The summed E-state index contributed by atoms with van der Waals surface area (Å²) >= 11 is 0. The van der Waals surface area contributed by atoms with Crippen LogP contribution in [-0.4, -0.2) is 41.9 Å². The van der Waals surface area contributed by atoms with E-state index in [4.69, 9.17) is 13.6 Å². The molecule has 0 aromatic heterocycles. The zero-order valence-corrected chi connectivity index (χ0v) is 30.8. The summed E-state index contributed by atoms with van der Waals surface area (Å²) in [5.41, 5.74) is 1.56. The van der Waals surface area contributed by atoms with Gasteiger partial charge in [0.25, 0.3) is 0 Å². The Hall–Kier alpha value is -1.14. The molecule has 0 aliphatic heterocycles. The van der Waals surface area contributed by atoms with Crippen molar-refractivity contribution >= 4 is 22.6 Å². The topological polar surface area (TPSA) is 44.8 Å². The molecule has 2 unspecified atom stereocenters. The van der Waals surface area contributed by atoms with Crippen LogP contribution in [0.2, 0.25) is 36.3 Å². The van der Waals surface area contributed by atoms with Gasteiger partial charge in [0.1, 0.15) is 0 Å². The lowest BCUT2D eigenvalue weighted by Gasteiger charge is -2.41. The fourth-order valence-electron chi connectivity index (χ4n) is 5.73. The van der Waals surface area contributed by atoms with Crippen molar-refractivity contribution in [1.82, 2.24) is 0 Å². The maximum Gasteiger partial charge on any atom is 0.305 e. The van der Waals surface area contributed by atoms with Crippen molar-refractivity contribution in [3.8, 4) is 11.8 Å². The van der Waals surface area contributed by atoms with E-state index in [9.17, 15) is 4.79 Å². The molecule has 0 spiro atoms. The Balaban J connectivity index is 2.34. The van der Waals surface area contributed by atoms with Gasteiger partial charge in [-0.2, -0.15) is 0 Å². The number of esters is 1. The lowest BCUT2D eigenvalue weighted by Crippen LogP contribution is -2.45. The minimum atomic E-state index is -1.96. The van der Waals surface area contributed by atoms with Crippen molar-refractivity contribution in [3.63, 3.8) is 0 Å². The first-order valence-corrected chi connectivity index (χ1v) is 21.8. The molecule has 2 aliphatic carbocycles. The first-order valence-electron chi connectivity index (χ1n) is 16.0. The van der Waals surface area contributed by atoms with Crippen LogP contribution in [0.3, 0.4) is 0 Å². The van der Waals surface area contributed by atoms with Crippen molar-refractivity contribution in [1.29, 1.82) is 0 Å². The van der Waals surface area contributed by atoms with Crippen LogP contribution in [0.5, 0.6) is 0 Å². The second kappa shape index (κ2) is 14.6. The Morgan fingerprint density at radius 3 is 2.24 bits per heavy atom. The third-order valence-corrected chi connectivity index (χ3v) is 19.5. The van der Waals surface area contributed by atoms with Gasteiger partial charge in [0, 0.05) is 18.8 Å². The molecule has 41 heavy (non-hydrogen) atoms. The fraction of sp³-hybridized carbons (Fsp3) is 0.800. The van der Waals surface area contributed by atoms with Crippen LogP contribution in [0.1, 0.15) is 100 Å². The molecule has 0 aromatic carbocycles. The van der Waals surface area contributed by atoms with E-state index in [-0.39, 0.29) is 28.3 Å². The molecular weight excluding hydrogens is 541 g/mol. The quantitative estimate of drug-likeness (QED) is 0.0733. The number of allylic oxidation sites excluding steroid dienone is 2. The van der Waals surface area contributed by atoms with E-state index in [1.165, 1.54) is 7.11 Å². The average molecular weight is 603 g/mol. The first kappa shape index (κ1) is 36.1. The van der Waals surface area contributed by atoms with Gasteiger partial charge >= 0.3 is 5.97 Å². The van der Waals surface area contributed by atoms with E-state index < -0.39 is 16.6 Å². The fourth-order valence-corrected chi connectivity index (χ4v) is 8.44. The summed E-state index contributed by atoms with van der Waals surface area (Å²) in [6, 6.07) is 0. The number of rotatable bonds is 12. The minimum absolute atomic E-state index is 0.0547. The predicted molar refractivity (Wildman–Crippen MR) is 179 cm³/mol. The molecule has 0 heterocycles. The van der Waals surface area contributed by atoms with Gasteiger partial charge in [-0.15, -0.1) is 11.8 Å². The van der Waals surface area contributed by atoms with Gasteiger partial charge in [-0.1, -0.05) is 72.3 Å². The van der Waals surface area contributed by atoms with E-state index in [0.29, 0.717) is 30.1 Å². The molecule has 0 amide bonds. The van der Waals surface area contributed by atoms with Gasteiger partial charge in [0.05, 0.1) is 19.3 Å². The average Bonchev–Trinajstić information content (AvgIpc) is 3.37. The molecule has 2 rings (SSSR count). The third kappa shape index (κ3) is 9.95. The van der Waals surface area contributed by atoms with E-state index in [2.05, 4.69) is 105 Å². The molecule has 6 atom stereocenters. The van der Waals surface area contributed by atoms with Crippen molar-refractivity contribution in [3.05, 3.63) is 23.8 Å². The number of fused-ring (bicyclic) bond motifs is 1. The second-order valence-corrected chi connectivity index (χ2v) is 25.2. The predicted octanol–water partition coefficient (Wildman–Crippen LogP) is 9.69. The monoisotopic (exact) mass is 602 g/mol. The lowest BCUT2D eigenvalue weighted by atomic mass is 9.89. The smallest absolute Gasteiger partial charge is 0.305 e. The summed E-state index contributed by atoms with van der Waals surface area (Å²) in [5, 5.41) is 0.339. The van der Waals surface area contributed by atoms with Crippen LogP contribution in [-0.2, 0) is 18.4 Å². The highest BCUT2D eigenvalue weighted by atomic mass is 28.4. The zero-order chi connectivity index (χ0) is 31.2. The second-order valence-electron chi connectivity index (χ2n) is 15.7. The molecule has 4 nitrogen and oxygen atoms in total. The number of hydrogen-bond donors (Lipinski definition) is 0. The van der Waals surface area contributed by atoms with E-state index in [1.807, 2.05) is 6.92 Å². The van der Waals surface area contributed by atoms with E-state index in [1.54, 1.807) is 5.57 Å². The first-order chi connectivity index (χ1) is 18.8. The molecule has 0 N–H and O–H groups in total. The Morgan fingerprint density at radius 2 is 1.68 bits per heavy atom. The van der Waals surface area contributed by atoms with E-state index >= 15 is 0 Å². The number of ether oxygens (including phenoxy) is 1. The molecule has 234 valence electrons. The molecule has 2 saturated carbocycles. The van der Waals surface area contributed by atoms with Gasteiger partial charge in [-0.05, 0) is 93.0 Å². The van der Waals surface area contributed by atoms with E-state index in [0.717, 1.165) is 38.5 Å². The zero-order valence-electron chi connectivity index (χ0n) is 28.8. The number of carbonyl (C=O) groups is 1. The Morgan fingerprint density at radius 1 is 1.05 bits per heavy atom. The van der Waals surface area contributed by atoms with Crippen molar-refractivity contribution in [2.75, 3.05) is 7.11 Å². The molecular formula is C35H62O4Si2. The van der Waals surface area contributed by atoms with Gasteiger partial charge < -0.3 is 13.6 Å². The highest BCUT2D eigenvalue weighted by Crippen LogP contribution is 2.53. The normalized spacial score (nSPS) is 26.1. The lowest BCUT2D eigenvalue weighted by molar-refractivity contribution is -0.140. The molecule has 2 fully saturated rings. The van der Waals surface area contributed by atoms with Gasteiger partial charge in [0.15, 0.2) is 16.6 Å². The standard InChI is InChI=1S/C35H62O4Si2/c1-14-15-18-26(2)31(38-40(10,11)34(3,4)5)22-21-29-30-24-27(19-16-17-20-33(36)37-9)23-28(30)25-32(29)39-41(12,13)35(6,7)8/h19,21-22,26,28-32H,16-18,20,23-25H2,1-13H3/b22-21+,27-19+/t26?,28-,29+,30-,31?,32+/m0/s1. The number of carbonyl (C=O) groups excluding carboxylic acids is 1. The third-order valence-electron chi connectivity index (χ3n) is 10.5. The number of hydrogen-bond acceptors (Lipinski definition) is 4. The van der Waals surface area contributed by atoms with Crippen molar-refractivity contribution < 1.29 is 18.4 Å². The van der Waals surface area contributed by atoms with Gasteiger partial charge in [-0.25, -0.2) is 0 Å². The highest BCUT2D eigenvalue weighted by molar-refractivity contribution is 6.74. The maximum atomic E-state index is 11.5. The molecule has 0 radical (unpaired) electrons. The molecule has 6 heteroatoms. The minimum Gasteiger partial charge on any atom is -0.469 e. The summed E-state index contributed by atoms with van der Waals surface area (Å²) in [5.74, 6) is 8.28. The summed E-state index contributed by atoms with van der Waals surface area (Å²) in [6.45, 7) is 27.7. The summed E-state index contributed by atoms with van der Waals surface area (Å²) < 4.78 is 19.0. The van der Waals surface area contributed by atoms with Crippen LogP contribution in [0.15, 0.2) is 23.8 Å². The van der Waals surface area contributed by atoms with Crippen LogP contribution in [0.25, 0.3) is 0 Å². The largest absolute Gasteiger partial charge is 0.469 e. The number of methoxy groups -OCH3 is 1. The number of unbranched alkanes of at least 4 members (excludes halogenated alkanes) is 1. The van der Waals surface area contributed by atoms with Crippen molar-refractivity contribution in [2.24, 2.45) is 23.7 Å². The van der Waals surface area contributed by atoms with Crippen LogP contribution in [0.4, 0.5) is 0 Å². The van der Waals surface area contributed by atoms with Crippen LogP contribution >= 0.6 is 0 Å². The highest BCUT2D eigenvalue weighted by Gasteiger charge is 2.50. The molecule has 0 saturated heterocycles. The Labute approximate surface area is 255 Å². The summed E-state index contributed by atoms with van der Waals surface area (Å²) in [7, 11) is -2.40. The van der Waals surface area contributed by atoms with Gasteiger partial charge in [0.2, 0.25) is 0 Å². The summed E-state index contributed by atoms with van der Waals surface area (Å²) in [4.78, 5) is 11.5. The Bertz CT molecular complexity index is 986. The van der Waals surface area contributed by atoms with Crippen LogP contribution in [0, 0.1) is 35.5 Å². The molecule has 0 aromatic rings. The SMILES string of the molecule is CC#CCC(C)C(/C=C/[C@@H]1[C@H]2C/C(=C/CCCC(=O)OC)C[C@H]2C[C@H]1O[Si](C)(C)C(C)(C)C)O[Si](C)(C)C(C)(C)C. The molecule has 2 aliphatic rings. The molecule has 0 bridgehead atoms. The van der Waals surface area contributed by atoms with Crippen molar-refractivity contribution in [2.45, 2.75) is 149 Å².